The predicted octanol–water partition coefficient (Wildman–Crippen LogP) is 8.32. The summed E-state index contributed by atoms with van der Waals surface area (Å²) in [4.78, 5) is 9.99. The zero-order valence-electron chi connectivity index (χ0n) is 20.1. The van der Waals surface area contributed by atoms with Crippen LogP contribution < -0.4 is 0 Å². The molecule has 0 bridgehead atoms. The smallest absolute Gasteiger partial charge is 0.160 e. The van der Waals surface area contributed by atoms with Crippen LogP contribution in [-0.2, 0) is 0 Å². The standard InChI is InChI=1S/C33H26N2O/c1-22-9-7-12-24(19-22)25-13-8-14-26(20-25)30-21-31(35-33(34-30)23-10-3-2-4-11-23)28-17-18-32(36)29-16-6-5-15-27(28)29/h2-8,10-22,36H,9H2,1H3. The summed E-state index contributed by atoms with van der Waals surface area (Å²) in [6, 6.07) is 32.3. The Bertz CT molecular complexity index is 1630. The van der Waals surface area contributed by atoms with Crippen LogP contribution in [-0.4, -0.2) is 15.1 Å². The van der Waals surface area contributed by atoms with Crippen molar-refractivity contribution in [3.63, 3.8) is 0 Å². The molecule has 0 radical (unpaired) electrons. The molecule has 1 aliphatic carbocycles. The third kappa shape index (κ3) is 4.20. The first-order valence-corrected chi connectivity index (χ1v) is 12.3. The van der Waals surface area contributed by atoms with E-state index in [1.807, 2.05) is 60.7 Å². The second-order valence-corrected chi connectivity index (χ2v) is 9.32. The predicted molar refractivity (Wildman–Crippen MR) is 148 cm³/mol. The third-order valence-electron chi connectivity index (χ3n) is 6.70. The minimum Gasteiger partial charge on any atom is -0.507 e. The third-order valence-corrected chi connectivity index (χ3v) is 6.70. The lowest BCUT2D eigenvalue weighted by molar-refractivity contribution is 0.481. The molecule has 6 rings (SSSR count). The summed E-state index contributed by atoms with van der Waals surface area (Å²) in [5.74, 6) is 1.48. The summed E-state index contributed by atoms with van der Waals surface area (Å²) in [5, 5.41) is 12.2. The van der Waals surface area contributed by atoms with Crippen molar-refractivity contribution in [1.29, 1.82) is 0 Å². The zero-order valence-corrected chi connectivity index (χ0v) is 20.1. The molecule has 1 aliphatic rings. The average molecular weight is 467 g/mol. The molecule has 0 saturated carbocycles. The van der Waals surface area contributed by atoms with Crippen LogP contribution in [0.1, 0.15) is 18.9 Å². The van der Waals surface area contributed by atoms with Crippen molar-refractivity contribution in [3.05, 3.63) is 121 Å². The van der Waals surface area contributed by atoms with Crippen LogP contribution in [0.3, 0.4) is 0 Å². The van der Waals surface area contributed by atoms with Crippen molar-refractivity contribution >= 4 is 16.3 Å². The van der Waals surface area contributed by atoms with Gasteiger partial charge in [-0.3, -0.25) is 0 Å². The molecule has 4 aromatic carbocycles. The van der Waals surface area contributed by atoms with Crippen molar-refractivity contribution in [2.45, 2.75) is 13.3 Å². The first-order chi connectivity index (χ1) is 17.7. The van der Waals surface area contributed by atoms with E-state index in [0.29, 0.717) is 11.7 Å². The molecule has 0 saturated heterocycles. The minimum atomic E-state index is 0.266. The van der Waals surface area contributed by atoms with Gasteiger partial charge in [0.15, 0.2) is 5.82 Å². The number of phenolic OH excluding ortho intramolecular Hbond substituents is 1. The van der Waals surface area contributed by atoms with Gasteiger partial charge in [0, 0.05) is 22.1 Å². The van der Waals surface area contributed by atoms with Gasteiger partial charge in [-0.25, -0.2) is 9.97 Å². The van der Waals surface area contributed by atoms with E-state index in [1.54, 1.807) is 6.07 Å². The van der Waals surface area contributed by atoms with E-state index in [1.165, 1.54) is 11.1 Å². The summed E-state index contributed by atoms with van der Waals surface area (Å²) in [6.07, 6.45) is 7.88. The van der Waals surface area contributed by atoms with Crippen LogP contribution in [0.4, 0.5) is 0 Å². The molecule has 0 amide bonds. The van der Waals surface area contributed by atoms with Crippen molar-refractivity contribution in [1.82, 2.24) is 9.97 Å². The molecule has 36 heavy (non-hydrogen) atoms. The maximum Gasteiger partial charge on any atom is 0.160 e. The average Bonchev–Trinajstić information content (AvgIpc) is 2.94. The van der Waals surface area contributed by atoms with Gasteiger partial charge >= 0.3 is 0 Å². The van der Waals surface area contributed by atoms with Crippen molar-refractivity contribution < 1.29 is 5.11 Å². The molecular weight excluding hydrogens is 440 g/mol. The van der Waals surface area contributed by atoms with E-state index in [2.05, 4.69) is 55.5 Å². The maximum atomic E-state index is 10.4. The second kappa shape index (κ2) is 9.27. The Morgan fingerprint density at radius 2 is 1.42 bits per heavy atom. The number of phenols is 1. The van der Waals surface area contributed by atoms with E-state index < -0.39 is 0 Å². The van der Waals surface area contributed by atoms with Gasteiger partial charge in [-0.05, 0) is 53.1 Å². The number of benzene rings is 4. The van der Waals surface area contributed by atoms with Crippen LogP contribution in [0.5, 0.6) is 5.75 Å². The quantitative estimate of drug-likeness (QED) is 0.290. The Morgan fingerprint density at radius 3 is 2.25 bits per heavy atom. The molecule has 0 spiro atoms. The molecule has 3 heteroatoms. The summed E-state index contributed by atoms with van der Waals surface area (Å²) in [6.45, 7) is 2.25. The highest BCUT2D eigenvalue weighted by Crippen LogP contribution is 2.36. The molecule has 1 aromatic heterocycles. The SMILES string of the molecule is CC1C=C(c2cccc(-c3cc(-c4ccc(O)c5ccccc45)nc(-c4ccccc4)n3)c2)C=CC1. The van der Waals surface area contributed by atoms with Gasteiger partial charge in [0.1, 0.15) is 5.75 Å². The second-order valence-electron chi connectivity index (χ2n) is 9.32. The lowest BCUT2D eigenvalue weighted by Gasteiger charge is -2.14. The first-order valence-electron chi connectivity index (χ1n) is 12.3. The molecule has 1 heterocycles. The van der Waals surface area contributed by atoms with Crippen molar-refractivity contribution in [2.24, 2.45) is 5.92 Å². The number of hydrogen-bond acceptors (Lipinski definition) is 3. The van der Waals surface area contributed by atoms with Gasteiger partial charge in [-0.2, -0.15) is 0 Å². The molecule has 3 nitrogen and oxygen atoms in total. The molecule has 0 aliphatic heterocycles. The topological polar surface area (TPSA) is 46.0 Å². The lowest BCUT2D eigenvalue weighted by Crippen LogP contribution is -1.97. The van der Waals surface area contributed by atoms with Crippen molar-refractivity contribution in [2.75, 3.05) is 0 Å². The van der Waals surface area contributed by atoms with Crippen LogP contribution in [0, 0.1) is 5.92 Å². The Balaban J connectivity index is 1.55. The van der Waals surface area contributed by atoms with E-state index >= 15 is 0 Å². The number of fused-ring (bicyclic) bond motifs is 1. The van der Waals surface area contributed by atoms with Crippen molar-refractivity contribution in [3.8, 4) is 39.7 Å². The van der Waals surface area contributed by atoms with Gasteiger partial charge in [-0.1, -0.05) is 97.9 Å². The Kier molecular flexibility index (Phi) is 5.67. The number of hydrogen-bond donors (Lipinski definition) is 1. The Labute approximate surface area is 211 Å². The number of nitrogens with zero attached hydrogens (tertiary/aromatic N) is 2. The summed E-state index contributed by atoms with van der Waals surface area (Å²) >= 11 is 0. The highest BCUT2D eigenvalue weighted by atomic mass is 16.3. The van der Waals surface area contributed by atoms with Crippen LogP contribution in [0.15, 0.2) is 115 Å². The summed E-state index contributed by atoms with van der Waals surface area (Å²) < 4.78 is 0. The van der Waals surface area contributed by atoms with Gasteiger partial charge in [0.25, 0.3) is 0 Å². The molecule has 1 N–H and O–H groups in total. The largest absolute Gasteiger partial charge is 0.507 e. The van der Waals surface area contributed by atoms with Crippen LogP contribution in [0.25, 0.3) is 50.2 Å². The van der Waals surface area contributed by atoms with Gasteiger partial charge in [0.2, 0.25) is 0 Å². The number of rotatable bonds is 4. The molecule has 5 aromatic rings. The Morgan fingerprint density at radius 1 is 0.694 bits per heavy atom. The Hall–Kier alpha value is -4.50. The highest BCUT2D eigenvalue weighted by molar-refractivity contribution is 5.99. The fraction of sp³-hybridized carbons (Fsp3) is 0.0909. The fourth-order valence-electron chi connectivity index (χ4n) is 4.85. The lowest BCUT2D eigenvalue weighted by atomic mass is 9.92. The zero-order chi connectivity index (χ0) is 24.5. The number of allylic oxidation sites excluding steroid dienone is 4. The minimum absolute atomic E-state index is 0.266. The molecule has 0 fully saturated rings. The van der Waals surface area contributed by atoms with Crippen LogP contribution >= 0.6 is 0 Å². The fourth-order valence-corrected chi connectivity index (χ4v) is 4.85. The van der Waals surface area contributed by atoms with Gasteiger partial charge < -0.3 is 5.11 Å². The monoisotopic (exact) mass is 466 g/mol. The molecule has 1 unspecified atom stereocenters. The maximum absolute atomic E-state index is 10.4. The van der Waals surface area contributed by atoms with Crippen LogP contribution in [0.2, 0.25) is 0 Å². The highest BCUT2D eigenvalue weighted by Gasteiger charge is 2.15. The first kappa shape index (κ1) is 22.0. The summed E-state index contributed by atoms with van der Waals surface area (Å²) in [5.41, 5.74) is 7.10. The molecular formula is C33H26N2O. The van der Waals surface area contributed by atoms with E-state index in [0.717, 1.165) is 45.3 Å². The van der Waals surface area contributed by atoms with Gasteiger partial charge in [0.05, 0.1) is 11.4 Å². The van der Waals surface area contributed by atoms with Gasteiger partial charge in [-0.15, -0.1) is 0 Å². The number of aromatic nitrogens is 2. The number of aromatic hydroxyl groups is 1. The molecule has 174 valence electrons. The summed E-state index contributed by atoms with van der Waals surface area (Å²) in [7, 11) is 0. The normalized spacial score (nSPS) is 15.1. The van der Waals surface area contributed by atoms with E-state index in [4.69, 9.17) is 9.97 Å². The van der Waals surface area contributed by atoms with E-state index in [-0.39, 0.29) is 5.75 Å². The molecule has 1 atom stereocenters. The van der Waals surface area contributed by atoms with E-state index in [9.17, 15) is 5.11 Å².